The predicted molar refractivity (Wildman–Crippen MR) is 92.4 cm³/mol. The van der Waals surface area contributed by atoms with Crippen molar-refractivity contribution in [2.45, 2.75) is 20.4 Å². The molecule has 0 unspecified atom stereocenters. The van der Waals surface area contributed by atoms with E-state index in [2.05, 4.69) is 36.9 Å². The van der Waals surface area contributed by atoms with Crippen LogP contribution in [0.3, 0.4) is 0 Å². The van der Waals surface area contributed by atoms with E-state index in [1.165, 1.54) is 16.7 Å². The van der Waals surface area contributed by atoms with Crippen molar-refractivity contribution in [3.05, 3.63) is 40.0 Å². The van der Waals surface area contributed by atoms with E-state index >= 15 is 0 Å². The fourth-order valence-electron chi connectivity index (χ4n) is 2.59. The second-order valence-corrected chi connectivity index (χ2v) is 6.00. The monoisotopic (exact) mass is 315 g/mol. The summed E-state index contributed by atoms with van der Waals surface area (Å²) in [5.41, 5.74) is 10.6. The van der Waals surface area contributed by atoms with Crippen molar-refractivity contribution >= 4 is 23.3 Å². The predicted octanol–water partition coefficient (Wildman–Crippen LogP) is 2.33. The van der Waals surface area contributed by atoms with Crippen LogP contribution in [0, 0.1) is 25.2 Å². The quantitative estimate of drug-likeness (QED) is 0.525. The van der Waals surface area contributed by atoms with Gasteiger partial charge in [-0.1, -0.05) is 29.9 Å². The molecule has 116 valence electrons. The van der Waals surface area contributed by atoms with Gasteiger partial charge in [-0.3, -0.25) is 4.90 Å². The molecule has 5 heteroatoms. The van der Waals surface area contributed by atoms with E-state index in [1.807, 2.05) is 0 Å². The van der Waals surface area contributed by atoms with Gasteiger partial charge in [-0.15, -0.1) is 0 Å². The molecule has 1 aromatic rings. The average Bonchev–Trinajstić information content (AvgIpc) is 2.49. The molecule has 0 aliphatic carbocycles. The number of aryl methyl sites for hydroxylation is 1. The minimum absolute atomic E-state index is 0.137. The molecular weight excluding hydrogens is 294 g/mol. The zero-order chi connectivity index (χ0) is 16.1. The molecule has 1 aliphatic rings. The van der Waals surface area contributed by atoms with Crippen LogP contribution in [0.5, 0.6) is 0 Å². The van der Waals surface area contributed by atoms with Gasteiger partial charge in [0.15, 0.2) is 0 Å². The van der Waals surface area contributed by atoms with Gasteiger partial charge in [-0.25, -0.2) is 0 Å². The maximum absolute atomic E-state index is 9.14. The third-order valence-corrected chi connectivity index (χ3v) is 4.10. The van der Waals surface area contributed by atoms with E-state index in [-0.39, 0.29) is 4.99 Å². The first kappa shape index (κ1) is 16.6. The highest BCUT2D eigenvalue weighted by atomic mass is 32.1. The number of hydrogen-bond donors (Lipinski definition) is 1. The number of nitrogens with two attached hydrogens (primary N) is 1. The van der Waals surface area contributed by atoms with Crippen LogP contribution in [0.15, 0.2) is 17.7 Å². The number of rotatable bonds is 4. The molecule has 1 heterocycles. The van der Waals surface area contributed by atoms with Crippen molar-refractivity contribution in [3.63, 3.8) is 0 Å². The first-order chi connectivity index (χ1) is 10.5. The van der Waals surface area contributed by atoms with Gasteiger partial charge in [0.25, 0.3) is 0 Å². The van der Waals surface area contributed by atoms with Gasteiger partial charge in [0.05, 0.1) is 18.8 Å². The molecule has 2 N–H and O–H groups in total. The normalized spacial score (nSPS) is 16.3. The summed E-state index contributed by atoms with van der Waals surface area (Å²) in [7, 11) is 0. The molecule has 22 heavy (non-hydrogen) atoms. The summed E-state index contributed by atoms with van der Waals surface area (Å²) in [4.78, 5) is 2.52. The van der Waals surface area contributed by atoms with Crippen LogP contribution in [0.1, 0.15) is 22.3 Å². The lowest BCUT2D eigenvalue weighted by atomic mass is 9.97. The lowest BCUT2D eigenvalue weighted by molar-refractivity contribution is 0.0341. The molecule has 0 bridgehead atoms. The van der Waals surface area contributed by atoms with Crippen molar-refractivity contribution in [2.75, 3.05) is 26.3 Å². The Morgan fingerprint density at radius 3 is 2.68 bits per heavy atom. The van der Waals surface area contributed by atoms with Crippen LogP contribution in [-0.2, 0) is 11.3 Å². The largest absolute Gasteiger partial charge is 0.389 e. The summed E-state index contributed by atoms with van der Waals surface area (Å²) in [5.74, 6) is 0. The first-order valence-electron chi connectivity index (χ1n) is 7.33. The number of hydrogen-bond acceptors (Lipinski definition) is 4. The first-order valence-corrected chi connectivity index (χ1v) is 7.74. The molecule has 0 amide bonds. The topological polar surface area (TPSA) is 62.3 Å². The fourth-order valence-corrected chi connectivity index (χ4v) is 2.70. The van der Waals surface area contributed by atoms with Crippen molar-refractivity contribution in [2.24, 2.45) is 5.73 Å². The van der Waals surface area contributed by atoms with Crippen molar-refractivity contribution in [3.8, 4) is 6.07 Å². The Balaban J connectivity index is 2.32. The standard InChI is InChI=1S/C17H21N3OS/c1-12-7-14(9-15(10-18)17(19)22)13(2)16(8-12)11-20-3-5-21-6-4-20/h7-9H,3-6,11H2,1-2H3,(H2,19,22)/b15-9-. The van der Waals surface area contributed by atoms with Crippen molar-refractivity contribution in [1.29, 1.82) is 5.26 Å². The highest BCUT2D eigenvalue weighted by molar-refractivity contribution is 7.80. The SMILES string of the molecule is Cc1cc(/C=C(/C#N)C(N)=S)c(C)c(CN2CCOCC2)c1. The van der Waals surface area contributed by atoms with Crippen LogP contribution < -0.4 is 5.73 Å². The Bertz CT molecular complexity index is 640. The minimum Gasteiger partial charge on any atom is -0.389 e. The van der Waals surface area contributed by atoms with Crippen LogP contribution in [-0.4, -0.2) is 36.2 Å². The average molecular weight is 315 g/mol. The number of thiocarbonyl (C=S) groups is 1. The third-order valence-electron chi connectivity index (χ3n) is 3.88. The number of morpholine rings is 1. The maximum Gasteiger partial charge on any atom is 0.114 e. The second-order valence-electron chi connectivity index (χ2n) is 5.56. The second kappa shape index (κ2) is 7.50. The highest BCUT2D eigenvalue weighted by Crippen LogP contribution is 2.21. The van der Waals surface area contributed by atoms with Crippen LogP contribution in [0.4, 0.5) is 0 Å². The summed E-state index contributed by atoms with van der Waals surface area (Å²) >= 11 is 4.92. The molecule has 1 aliphatic heterocycles. The molecule has 2 rings (SSSR count). The molecule has 1 aromatic carbocycles. The van der Waals surface area contributed by atoms with E-state index in [9.17, 15) is 0 Å². The minimum atomic E-state index is 0.137. The molecule has 0 atom stereocenters. The molecule has 0 spiro atoms. The summed E-state index contributed by atoms with van der Waals surface area (Å²) in [5, 5.41) is 9.14. The number of nitrogens with zero attached hydrogens (tertiary/aromatic N) is 2. The molecule has 1 fully saturated rings. The van der Waals surface area contributed by atoms with E-state index in [0.717, 1.165) is 38.4 Å². The maximum atomic E-state index is 9.14. The zero-order valence-corrected chi connectivity index (χ0v) is 13.9. The Morgan fingerprint density at radius 2 is 2.09 bits per heavy atom. The van der Waals surface area contributed by atoms with Crippen LogP contribution >= 0.6 is 12.2 Å². The Morgan fingerprint density at radius 1 is 1.41 bits per heavy atom. The third kappa shape index (κ3) is 4.14. The van der Waals surface area contributed by atoms with Gasteiger partial charge in [0.2, 0.25) is 0 Å². The van der Waals surface area contributed by atoms with Gasteiger partial charge >= 0.3 is 0 Å². The summed E-state index contributed by atoms with van der Waals surface area (Å²) < 4.78 is 5.39. The molecular formula is C17H21N3OS. The van der Waals surface area contributed by atoms with Gasteiger partial charge in [-0.2, -0.15) is 5.26 Å². The molecule has 4 nitrogen and oxygen atoms in total. The lowest BCUT2D eigenvalue weighted by Crippen LogP contribution is -2.35. The summed E-state index contributed by atoms with van der Waals surface area (Å²) in [6.07, 6.45) is 1.79. The van der Waals surface area contributed by atoms with Gasteiger partial charge in [-0.05, 0) is 36.6 Å². The van der Waals surface area contributed by atoms with Crippen LogP contribution in [0.2, 0.25) is 0 Å². The van der Waals surface area contributed by atoms with E-state index in [4.69, 9.17) is 28.0 Å². The Labute approximate surface area is 137 Å². The molecule has 1 saturated heterocycles. The zero-order valence-electron chi connectivity index (χ0n) is 13.1. The smallest absolute Gasteiger partial charge is 0.114 e. The molecule has 0 saturated carbocycles. The van der Waals surface area contributed by atoms with Crippen molar-refractivity contribution < 1.29 is 4.74 Å². The highest BCUT2D eigenvalue weighted by Gasteiger charge is 2.13. The van der Waals surface area contributed by atoms with Crippen molar-refractivity contribution in [1.82, 2.24) is 4.90 Å². The van der Waals surface area contributed by atoms with Gasteiger partial charge < -0.3 is 10.5 Å². The van der Waals surface area contributed by atoms with E-state index in [0.29, 0.717) is 5.57 Å². The van der Waals surface area contributed by atoms with Crippen LogP contribution in [0.25, 0.3) is 6.08 Å². The Hall–Kier alpha value is -1.74. The fraction of sp³-hybridized carbons (Fsp3) is 0.412. The van der Waals surface area contributed by atoms with Gasteiger partial charge in [0.1, 0.15) is 11.1 Å². The van der Waals surface area contributed by atoms with E-state index < -0.39 is 0 Å². The number of ether oxygens (including phenoxy) is 1. The number of benzene rings is 1. The Kier molecular flexibility index (Phi) is 5.67. The number of nitriles is 1. The van der Waals surface area contributed by atoms with Gasteiger partial charge in [0, 0.05) is 19.6 Å². The lowest BCUT2D eigenvalue weighted by Gasteiger charge is -2.27. The van der Waals surface area contributed by atoms with E-state index in [1.54, 1.807) is 6.08 Å². The molecule has 0 aromatic heterocycles. The summed E-state index contributed by atoms with van der Waals surface area (Å²) in [6, 6.07) is 6.33. The molecule has 0 radical (unpaired) electrons. The summed E-state index contributed by atoms with van der Waals surface area (Å²) in [6.45, 7) is 8.52.